The van der Waals surface area contributed by atoms with Gasteiger partial charge in [-0.15, -0.1) is 0 Å². The Balaban J connectivity index is 1.85. The van der Waals surface area contributed by atoms with Gasteiger partial charge in [-0.25, -0.2) is 4.68 Å². The van der Waals surface area contributed by atoms with Gasteiger partial charge in [0.05, 0.1) is 24.6 Å². The number of rotatable bonds is 4. The normalized spacial score (nSPS) is 16.2. The molecule has 1 unspecified atom stereocenters. The minimum atomic E-state index is -0.700. The number of halogens is 2. The molecule has 142 valence electrons. The molecule has 1 aromatic carbocycles. The van der Waals surface area contributed by atoms with E-state index in [1.165, 1.54) is 11.8 Å². The number of methoxy groups -OCH3 is 1. The van der Waals surface area contributed by atoms with Crippen molar-refractivity contribution >= 4 is 22.4 Å². The molecule has 2 heterocycles. The van der Waals surface area contributed by atoms with E-state index < -0.39 is 5.95 Å². The smallest absolute Gasteiger partial charge is 0.274 e. The number of ether oxygens (including phenoxy) is 1. The maximum Gasteiger partial charge on any atom is 0.274 e. The zero-order valence-corrected chi connectivity index (χ0v) is 15.9. The summed E-state index contributed by atoms with van der Waals surface area (Å²) >= 11 is 5.97. The molecule has 4 rings (SSSR count). The Bertz CT molecular complexity index is 1170. The minimum Gasteiger partial charge on any atom is -0.481 e. The number of pyridine rings is 1. The molecule has 0 bridgehead atoms. The minimum absolute atomic E-state index is 0.0838. The molecule has 0 amide bonds. The number of aromatic nitrogens is 3. The molecule has 0 N–H and O–H groups in total. The molecule has 0 aliphatic heterocycles. The fraction of sp³-hybridized carbons (Fsp3) is 0.190. The topological polar surface area (TPSA) is 57.0 Å². The van der Waals surface area contributed by atoms with Gasteiger partial charge in [0, 0.05) is 22.4 Å². The molecule has 7 heteroatoms. The van der Waals surface area contributed by atoms with E-state index in [9.17, 15) is 9.18 Å². The van der Waals surface area contributed by atoms with Crippen LogP contribution < -0.4 is 10.3 Å². The summed E-state index contributed by atoms with van der Waals surface area (Å²) in [6.45, 7) is 0.374. The van der Waals surface area contributed by atoms with E-state index in [4.69, 9.17) is 16.3 Å². The molecular weight excluding hydrogens is 381 g/mol. The Labute approximate surface area is 165 Å². The van der Waals surface area contributed by atoms with Gasteiger partial charge < -0.3 is 4.74 Å². The Morgan fingerprint density at radius 1 is 1.25 bits per heavy atom. The van der Waals surface area contributed by atoms with E-state index >= 15 is 0 Å². The van der Waals surface area contributed by atoms with Gasteiger partial charge in [0.25, 0.3) is 5.56 Å². The lowest BCUT2D eigenvalue weighted by molar-refractivity contribution is 0.388. The van der Waals surface area contributed by atoms with Crippen LogP contribution in [0, 0.1) is 11.9 Å². The van der Waals surface area contributed by atoms with Crippen LogP contribution in [0.3, 0.4) is 0 Å². The summed E-state index contributed by atoms with van der Waals surface area (Å²) in [7, 11) is 1.42. The lowest BCUT2D eigenvalue weighted by Crippen LogP contribution is -2.27. The number of fused-ring (bicyclic) bond motifs is 1. The van der Waals surface area contributed by atoms with Crippen LogP contribution in [0.15, 0.2) is 64.5 Å². The van der Waals surface area contributed by atoms with Crippen molar-refractivity contribution in [3.8, 4) is 17.1 Å². The van der Waals surface area contributed by atoms with Crippen molar-refractivity contribution in [2.24, 2.45) is 5.92 Å². The lowest BCUT2D eigenvalue weighted by atomic mass is 10.0. The first kappa shape index (κ1) is 18.4. The molecule has 0 saturated heterocycles. The summed E-state index contributed by atoms with van der Waals surface area (Å²) in [6, 6.07) is 10.2. The van der Waals surface area contributed by atoms with Crippen LogP contribution in [0.2, 0.25) is 0 Å². The maximum atomic E-state index is 14.6. The van der Waals surface area contributed by atoms with Crippen molar-refractivity contribution in [2.45, 2.75) is 13.0 Å². The van der Waals surface area contributed by atoms with E-state index in [0.717, 1.165) is 0 Å². The van der Waals surface area contributed by atoms with E-state index in [-0.39, 0.29) is 22.9 Å². The fourth-order valence-electron chi connectivity index (χ4n) is 3.26. The Morgan fingerprint density at radius 3 is 2.71 bits per heavy atom. The largest absolute Gasteiger partial charge is 0.481 e. The van der Waals surface area contributed by atoms with Crippen LogP contribution in [0.1, 0.15) is 6.42 Å². The van der Waals surface area contributed by atoms with Crippen molar-refractivity contribution < 1.29 is 9.13 Å². The van der Waals surface area contributed by atoms with Gasteiger partial charge >= 0.3 is 0 Å². The third kappa shape index (κ3) is 3.43. The van der Waals surface area contributed by atoms with E-state index in [2.05, 4.69) is 10.1 Å². The molecular formula is C21H17ClFN3O2. The Morgan fingerprint density at radius 2 is 2.04 bits per heavy atom. The molecule has 28 heavy (non-hydrogen) atoms. The molecule has 0 saturated carbocycles. The summed E-state index contributed by atoms with van der Waals surface area (Å²) in [5, 5.41) is 6.24. The zero-order chi connectivity index (χ0) is 19.7. The number of nitrogens with zero attached hydrogens (tertiary/aromatic N) is 3. The highest BCUT2D eigenvalue weighted by atomic mass is 35.5. The van der Waals surface area contributed by atoms with Gasteiger partial charge in [-0.2, -0.15) is 14.5 Å². The maximum absolute atomic E-state index is 14.6. The molecule has 5 nitrogen and oxygen atoms in total. The summed E-state index contributed by atoms with van der Waals surface area (Å²) in [4.78, 5) is 16.7. The SMILES string of the molecule is COc1ccc(-c2nn(CC3C=CC(Cl)=CC3)c(=O)c3ccccc23)c(F)n1. The average Bonchev–Trinajstić information content (AvgIpc) is 2.72. The molecule has 0 radical (unpaired) electrons. The van der Waals surface area contributed by atoms with Crippen molar-refractivity contribution in [3.05, 3.63) is 76.0 Å². The van der Waals surface area contributed by atoms with E-state index in [1.807, 2.05) is 18.2 Å². The van der Waals surface area contributed by atoms with E-state index in [1.54, 1.807) is 36.4 Å². The summed E-state index contributed by atoms with van der Waals surface area (Å²) in [5.41, 5.74) is 0.374. The second kappa shape index (κ2) is 7.56. The Hall–Kier alpha value is -2.99. The third-order valence-corrected chi connectivity index (χ3v) is 4.99. The summed E-state index contributed by atoms with van der Waals surface area (Å²) in [6.07, 6.45) is 6.40. The van der Waals surface area contributed by atoms with Gasteiger partial charge in [0.15, 0.2) is 0 Å². The van der Waals surface area contributed by atoms with Crippen molar-refractivity contribution in [1.29, 1.82) is 0 Å². The van der Waals surface area contributed by atoms with Crippen molar-refractivity contribution in [3.63, 3.8) is 0 Å². The monoisotopic (exact) mass is 397 g/mol. The number of allylic oxidation sites excluding steroid dienone is 4. The van der Waals surface area contributed by atoms with Crippen molar-refractivity contribution in [1.82, 2.24) is 14.8 Å². The van der Waals surface area contributed by atoms with Crippen LogP contribution in [-0.4, -0.2) is 21.9 Å². The fourth-order valence-corrected chi connectivity index (χ4v) is 3.42. The van der Waals surface area contributed by atoms with Crippen LogP contribution in [0.4, 0.5) is 4.39 Å². The predicted molar refractivity (Wildman–Crippen MR) is 107 cm³/mol. The second-order valence-corrected chi connectivity index (χ2v) is 6.95. The standard InChI is InChI=1S/C21H17ClFN3O2/c1-28-18-11-10-17(20(23)24-18)19-15-4-2-3-5-16(15)21(27)26(25-19)12-13-6-8-14(22)9-7-13/h2-6,8-11,13H,7,12H2,1H3. The molecule has 0 spiro atoms. The summed E-state index contributed by atoms with van der Waals surface area (Å²) < 4.78 is 21.0. The van der Waals surface area contributed by atoms with Gasteiger partial charge in [-0.3, -0.25) is 4.79 Å². The highest BCUT2D eigenvalue weighted by Gasteiger charge is 2.18. The molecule has 0 fully saturated rings. The molecule has 1 aliphatic rings. The first-order valence-electron chi connectivity index (χ1n) is 8.81. The van der Waals surface area contributed by atoms with Crippen LogP contribution >= 0.6 is 11.6 Å². The van der Waals surface area contributed by atoms with Gasteiger partial charge in [0.2, 0.25) is 11.8 Å². The molecule has 1 atom stereocenters. The average molecular weight is 398 g/mol. The lowest BCUT2D eigenvalue weighted by Gasteiger charge is -2.17. The first-order valence-corrected chi connectivity index (χ1v) is 9.19. The third-order valence-electron chi connectivity index (χ3n) is 4.71. The van der Waals surface area contributed by atoms with E-state index in [0.29, 0.717) is 34.5 Å². The molecule has 2 aromatic heterocycles. The highest BCUT2D eigenvalue weighted by Crippen LogP contribution is 2.28. The van der Waals surface area contributed by atoms with Gasteiger partial charge in [-0.05, 0) is 24.6 Å². The van der Waals surface area contributed by atoms with Gasteiger partial charge in [0.1, 0.15) is 5.69 Å². The second-order valence-electron chi connectivity index (χ2n) is 6.52. The Kier molecular flexibility index (Phi) is 4.96. The molecule has 3 aromatic rings. The molecule has 1 aliphatic carbocycles. The van der Waals surface area contributed by atoms with Crippen LogP contribution in [0.25, 0.3) is 22.0 Å². The summed E-state index contributed by atoms with van der Waals surface area (Å²) in [5.74, 6) is -0.440. The number of hydrogen-bond donors (Lipinski definition) is 0. The van der Waals surface area contributed by atoms with Crippen LogP contribution in [0.5, 0.6) is 5.88 Å². The van der Waals surface area contributed by atoms with Crippen LogP contribution in [-0.2, 0) is 6.54 Å². The number of benzene rings is 1. The van der Waals surface area contributed by atoms with Gasteiger partial charge in [-0.1, -0.05) is 42.0 Å². The quantitative estimate of drug-likeness (QED) is 0.616. The first-order chi connectivity index (χ1) is 13.6. The highest BCUT2D eigenvalue weighted by molar-refractivity contribution is 6.31. The van der Waals surface area contributed by atoms with Crippen molar-refractivity contribution in [2.75, 3.05) is 7.11 Å². The number of hydrogen-bond acceptors (Lipinski definition) is 4. The predicted octanol–water partition coefficient (Wildman–Crippen LogP) is 4.31. The zero-order valence-electron chi connectivity index (χ0n) is 15.1.